The number of hydrogen-bond donors (Lipinski definition) is 1. The predicted octanol–water partition coefficient (Wildman–Crippen LogP) is -0.214. The van der Waals surface area contributed by atoms with Crippen LogP contribution < -0.4 is 0 Å². The molecule has 1 aliphatic heterocycles. The molecule has 2 unspecified atom stereocenters. The number of hydrogen-bond acceptors (Lipinski definition) is 3. The molecule has 1 saturated heterocycles. The third kappa shape index (κ3) is 2.95. The normalized spacial score (nSPS) is 22.2. The van der Waals surface area contributed by atoms with E-state index in [1.807, 2.05) is 0 Å². The lowest BCUT2D eigenvalue weighted by molar-refractivity contribution is -0.152. The molecule has 0 spiro atoms. The second-order valence-corrected chi connectivity index (χ2v) is 4.53. The van der Waals surface area contributed by atoms with Gasteiger partial charge in [0.15, 0.2) is 0 Å². The lowest BCUT2D eigenvalue weighted by atomic mass is 9.96. The van der Waals surface area contributed by atoms with Crippen LogP contribution in [0.3, 0.4) is 0 Å². The van der Waals surface area contributed by atoms with Gasteiger partial charge >= 0.3 is 5.97 Å². The molecule has 0 aromatic rings. The van der Waals surface area contributed by atoms with Crippen molar-refractivity contribution in [3.8, 4) is 0 Å². The number of carbonyl (C=O) groups excluding carboxylic acids is 2. The van der Waals surface area contributed by atoms with Crippen molar-refractivity contribution in [3.63, 3.8) is 0 Å². The average molecular weight is 242 g/mol. The number of carbonyl (C=O) groups is 3. The first-order valence-electron chi connectivity index (χ1n) is 5.58. The van der Waals surface area contributed by atoms with Crippen LogP contribution in [-0.2, 0) is 14.4 Å². The van der Waals surface area contributed by atoms with E-state index >= 15 is 0 Å². The SMILES string of the molecule is CC(C(=O)N(C)C)N1CC(C(=O)O)CCC1=O. The minimum absolute atomic E-state index is 0.120. The van der Waals surface area contributed by atoms with Crippen LogP contribution in [0, 0.1) is 5.92 Å². The molecular formula is C11H18N2O4. The first-order chi connectivity index (χ1) is 7.84. The van der Waals surface area contributed by atoms with Crippen LogP contribution in [0.2, 0.25) is 0 Å². The molecule has 6 nitrogen and oxygen atoms in total. The van der Waals surface area contributed by atoms with E-state index in [0.717, 1.165) is 0 Å². The Morgan fingerprint density at radius 1 is 1.47 bits per heavy atom. The maximum Gasteiger partial charge on any atom is 0.308 e. The van der Waals surface area contributed by atoms with Crippen LogP contribution in [0.4, 0.5) is 0 Å². The molecule has 1 fully saturated rings. The van der Waals surface area contributed by atoms with Crippen LogP contribution in [0.15, 0.2) is 0 Å². The van der Waals surface area contributed by atoms with Gasteiger partial charge in [-0.2, -0.15) is 0 Å². The molecule has 0 radical (unpaired) electrons. The number of likely N-dealkylation sites (tertiary alicyclic amines) is 1. The summed E-state index contributed by atoms with van der Waals surface area (Å²) in [6.07, 6.45) is 0.551. The molecule has 6 heteroatoms. The van der Waals surface area contributed by atoms with Crippen molar-refractivity contribution in [2.45, 2.75) is 25.8 Å². The van der Waals surface area contributed by atoms with Gasteiger partial charge < -0.3 is 14.9 Å². The van der Waals surface area contributed by atoms with Gasteiger partial charge in [0, 0.05) is 27.1 Å². The smallest absolute Gasteiger partial charge is 0.308 e. The number of nitrogens with zero attached hydrogens (tertiary/aromatic N) is 2. The fourth-order valence-electron chi connectivity index (χ4n) is 1.95. The summed E-state index contributed by atoms with van der Waals surface area (Å²) < 4.78 is 0. The Balaban J connectivity index is 2.76. The number of carboxylic acid groups (broad SMARTS) is 1. The lowest BCUT2D eigenvalue weighted by Gasteiger charge is -2.35. The van der Waals surface area contributed by atoms with Gasteiger partial charge in [0.05, 0.1) is 5.92 Å². The van der Waals surface area contributed by atoms with Gasteiger partial charge in [-0.25, -0.2) is 0 Å². The quantitative estimate of drug-likeness (QED) is 0.742. The summed E-state index contributed by atoms with van der Waals surface area (Å²) in [6.45, 7) is 1.75. The highest BCUT2D eigenvalue weighted by molar-refractivity contribution is 5.88. The van der Waals surface area contributed by atoms with Gasteiger partial charge in [0.1, 0.15) is 6.04 Å². The van der Waals surface area contributed by atoms with Crippen LogP contribution in [0.5, 0.6) is 0 Å². The number of piperidine rings is 1. The molecule has 1 heterocycles. The van der Waals surface area contributed by atoms with Crippen LogP contribution >= 0.6 is 0 Å². The highest BCUT2D eigenvalue weighted by atomic mass is 16.4. The Morgan fingerprint density at radius 2 is 2.06 bits per heavy atom. The molecule has 0 aliphatic carbocycles. The van der Waals surface area contributed by atoms with Crippen LogP contribution in [0.1, 0.15) is 19.8 Å². The minimum atomic E-state index is -0.910. The maximum absolute atomic E-state index is 11.7. The molecule has 0 bridgehead atoms. The molecule has 1 N–H and O–H groups in total. The molecule has 2 amide bonds. The minimum Gasteiger partial charge on any atom is -0.481 e. The maximum atomic E-state index is 11.7. The Kier molecular flexibility index (Phi) is 4.09. The van der Waals surface area contributed by atoms with E-state index in [0.29, 0.717) is 6.42 Å². The van der Waals surface area contributed by atoms with Crippen molar-refractivity contribution >= 4 is 17.8 Å². The Bertz CT molecular complexity index is 340. The summed E-state index contributed by atoms with van der Waals surface area (Å²) in [4.78, 5) is 37.1. The molecule has 0 aromatic carbocycles. The first kappa shape index (κ1) is 13.5. The standard InChI is InChI=1S/C11H18N2O4/c1-7(10(15)12(2)3)13-6-8(11(16)17)4-5-9(13)14/h7-8H,4-6H2,1-3H3,(H,16,17). The summed E-state index contributed by atoms with van der Waals surface area (Å²) in [5, 5.41) is 8.94. The molecule has 0 saturated carbocycles. The molecule has 1 rings (SSSR count). The highest BCUT2D eigenvalue weighted by Crippen LogP contribution is 2.20. The molecule has 1 aliphatic rings. The zero-order valence-corrected chi connectivity index (χ0v) is 10.3. The molecule has 0 aromatic heterocycles. The molecule has 17 heavy (non-hydrogen) atoms. The lowest BCUT2D eigenvalue weighted by Crippen LogP contribution is -2.52. The van der Waals surface area contributed by atoms with E-state index in [2.05, 4.69) is 0 Å². The number of rotatable bonds is 3. The van der Waals surface area contributed by atoms with E-state index in [-0.39, 0.29) is 24.8 Å². The van der Waals surface area contributed by atoms with Crippen molar-refractivity contribution in [3.05, 3.63) is 0 Å². The number of amides is 2. The van der Waals surface area contributed by atoms with Crippen molar-refractivity contribution < 1.29 is 19.5 Å². The summed E-state index contributed by atoms with van der Waals surface area (Å²) in [6, 6.07) is -0.598. The van der Waals surface area contributed by atoms with Gasteiger partial charge in [-0.05, 0) is 13.3 Å². The largest absolute Gasteiger partial charge is 0.481 e. The van der Waals surface area contributed by atoms with Gasteiger partial charge in [-0.15, -0.1) is 0 Å². The number of likely N-dealkylation sites (N-methyl/N-ethyl adjacent to an activating group) is 1. The summed E-state index contributed by atoms with van der Waals surface area (Å²) >= 11 is 0. The topological polar surface area (TPSA) is 77.9 Å². The second-order valence-electron chi connectivity index (χ2n) is 4.53. The van der Waals surface area contributed by atoms with E-state index in [1.165, 1.54) is 9.80 Å². The molecule has 2 atom stereocenters. The predicted molar refractivity (Wildman–Crippen MR) is 60.2 cm³/mol. The van der Waals surface area contributed by atoms with Crippen molar-refractivity contribution in [2.75, 3.05) is 20.6 Å². The molecular weight excluding hydrogens is 224 g/mol. The van der Waals surface area contributed by atoms with E-state index in [4.69, 9.17) is 5.11 Å². The number of aliphatic carboxylic acids is 1. The van der Waals surface area contributed by atoms with Crippen LogP contribution in [0.25, 0.3) is 0 Å². The van der Waals surface area contributed by atoms with Crippen molar-refractivity contribution in [1.29, 1.82) is 0 Å². The first-order valence-corrected chi connectivity index (χ1v) is 5.58. The van der Waals surface area contributed by atoms with Crippen LogP contribution in [-0.4, -0.2) is 59.4 Å². The van der Waals surface area contributed by atoms with Gasteiger partial charge in [-0.1, -0.05) is 0 Å². The third-order valence-electron chi connectivity index (χ3n) is 3.06. The van der Waals surface area contributed by atoms with Gasteiger partial charge in [0.2, 0.25) is 11.8 Å². The fraction of sp³-hybridized carbons (Fsp3) is 0.727. The Morgan fingerprint density at radius 3 is 2.53 bits per heavy atom. The zero-order chi connectivity index (χ0) is 13.2. The molecule has 96 valence electrons. The second kappa shape index (κ2) is 5.16. The van der Waals surface area contributed by atoms with Crippen molar-refractivity contribution in [1.82, 2.24) is 9.80 Å². The fourth-order valence-corrected chi connectivity index (χ4v) is 1.95. The summed E-state index contributed by atoms with van der Waals surface area (Å²) in [5.74, 6) is -1.81. The van der Waals surface area contributed by atoms with E-state index in [9.17, 15) is 14.4 Å². The summed E-state index contributed by atoms with van der Waals surface area (Å²) in [7, 11) is 3.23. The van der Waals surface area contributed by atoms with Gasteiger partial charge in [0.25, 0.3) is 0 Å². The van der Waals surface area contributed by atoms with E-state index in [1.54, 1.807) is 21.0 Å². The third-order valence-corrected chi connectivity index (χ3v) is 3.06. The van der Waals surface area contributed by atoms with Gasteiger partial charge in [-0.3, -0.25) is 14.4 Å². The zero-order valence-electron chi connectivity index (χ0n) is 10.3. The highest BCUT2D eigenvalue weighted by Gasteiger charge is 2.35. The number of carboxylic acids is 1. The van der Waals surface area contributed by atoms with Crippen molar-refractivity contribution in [2.24, 2.45) is 5.92 Å². The summed E-state index contributed by atoms with van der Waals surface area (Å²) in [5.41, 5.74) is 0. The monoisotopic (exact) mass is 242 g/mol. The Hall–Kier alpha value is -1.59. The average Bonchev–Trinajstić information content (AvgIpc) is 2.27. The Labute approximate surface area is 100 Å². The van der Waals surface area contributed by atoms with E-state index < -0.39 is 17.9 Å².